The Morgan fingerprint density at radius 1 is 1.17 bits per heavy atom. The number of hydrogen-bond donors (Lipinski definition) is 1. The summed E-state index contributed by atoms with van der Waals surface area (Å²) in [6.45, 7) is 6.71. The summed E-state index contributed by atoms with van der Waals surface area (Å²) >= 11 is 0. The lowest BCUT2D eigenvalue weighted by Crippen LogP contribution is -2.45. The first-order chi connectivity index (χ1) is 11.1. The zero-order valence-electron chi connectivity index (χ0n) is 13.6. The smallest absolute Gasteiger partial charge is 0.255 e. The monoisotopic (exact) mass is 316 g/mol. The Morgan fingerprint density at radius 2 is 1.91 bits per heavy atom. The quantitative estimate of drug-likeness (QED) is 0.852. The maximum atomic E-state index is 12.5. The average Bonchev–Trinajstić information content (AvgIpc) is 2.86. The van der Waals surface area contributed by atoms with Crippen LogP contribution in [-0.4, -0.2) is 72.8 Å². The topological polar surface area (TPSA) is 69.9 Å². The van der Waals surface area contributed by atoms with E-state index in [2.05, 4.69) is 16.8 Å². The summed E-state index contributed by atoms with van der Waals surface area (Å²) in [7, 11) is 2.15. The molecule has 0 atom stereocenters. The van der Waals surface area contributed by atoms with Crippen molar-refractivity contribution >= 4 is 11.8 Å². The summed E-state index contributed by atoms with van der Waals surface area (Å²) in [6.07, 6.45) is 0.954. The van der Waals surface area contributed by atoms with Gasteiger partial charge in [-0.2, -0.15) is 0 Å². The number of primary amides is 1. The molecule has 0 aromatic heterocycles. The number of piperazine rings is 1. The minimum atomic E-state index is -0.533. The van der Waals surface area contributed by atoms with Gasteiger partial charge in [0.15, 0.2) is 0 Å². The maximum absolute atomic E-state index is 12.5. The largest absolute Gasteiger partial charge is 0.366 e. The number of nitrogens with two attached hydrogens (primary N) is 1. The molecular weight excluding hydrogens is 292 g/mol. The molecule has 0 bridgehead atoms. The summed E-state index contributed by atoms with van der Waals surface area (Å²) in [4.78, 5) is 30.7. The van der Waals surface area contributed by atoms with Gasteiger partial charge in [-0.15, -0.1) is 0 Å². The van der Waals surface area contributed by atoms with E-state index < -0.39 is 5.91 Å². The van der Waals surface area contributed by atoms with Crippen molar-refractivity contribution in [1.29, 1.82) is 0 Å². The molecule has 3 rings (SSSR count). The van der Waals surface area contributed by atoms with Gasteiger partial charge in [-0.1, -0.05) is 12.1 Å². The number of hydrogen-bond acceptors (Lipinski definition) is 4. The second-order valence-corrected chi connectivity index (χ2v) is 6.43. The Labute approximate surface area is 136 Å². The fourth-order valence-electron chi connectivity index (χ4n) is 3.36. The Hall–Kier alpha value is -1.92. The lowest BCUT2D eigenvalue weighted by Gasteiger charge is -2.32. The van der Waals surface area contributed by atoms with Crippen LogP contribution in [0.4, 0.5) is 0 Å². The highest BCUT2D eigenvalue weighted by molar-refractivity contribution is 6.09. The molecule has 2 heterocycles. The third-order valence-electron chi connectivity index (χ3n) is 4.78. The number of carbonyl (C=O) groups is 2. The van der Waals surface area contributed by atoms with Gasteiger partial charge in [-0.25, -0.2) is 0 Å². The fourth-order valence-corrected chi connectivity index (χ4v) is 3.36. The number of likely N-dealkylation sites (N-methyl/N-ethyl adjacent to an activating group) is 1. The van der Waals surface area contributed by atoms with E-state index in [4.69, 9.17) is 5.73 Å². The summed E-state index contributed by atoms with van der Waals surface area (Å²) < 4.78 is 0. The lowest BCUT2D eigenvalue weighted by atomic mass is 10.0. The SMILES string of the molecule is CN1CCN(CCCN2Cc3cccc(C(N)=O)c3C2=O)CC1. The first-order valence-electron chi connectivity index (χ1n) is 8.18. The molecule has 1 aromatic rings. The first kappa shape index (κ1) is 16.0. The molecule has 1 fully saturated rings. The molecule has 0 spiro atoms. The molecule has 124 valence electrons. The molecule has 23 heavy (non-hydrogen) atoms. The van der Waals surface area contributed by atoms with E-state index in [-0.39, 0.29) is 5.91 Å². The predicted molar refractivity (Wildman–Crippen MR) is 88.3 cm³/mol. The molecular formula is C17H24N4O2. The number of benzene rings is 1. The second-order valence-electron chi connectivity index (χ2n) is 6.43. The van der Waals surface area contributed by atoms with Crippen LogP contribution in [-0.2, 0) is 6.54 Å². The van der Waals surface area contributed by atoms with Gasteiger partial charge < -0.3 is 20.4 Å². The molecule has 0 aliphatic carbocycles. The van der Waals surface area contributed by atoms with Gasteiger partial charge in [0.1, 0.15) is 0 Å². The Kier molecular flexibility index (Phi) is 4.63. The Morgan fingerprint density at radius 3 is 2.61 bits per heavy atom. The van der Waals surface area contributed by atoms with Crippen LogP contribution in [0.1, 0.15) is 32.7 Å². The molecule has 6 nitrogen and oxygen atoms in total. The van der Waals surface area contributed by atoms with Crippen LogP contribution in [0, 0.1) is 0 Å². The summed E-state index contributed by atoms with van der Waals surface area (Å²) in [5, 5.41) is 0. The number of amides is 2. The van der Waals surface area contributed by atoms with Crippen molar-refractivity contribution in [1.82, 2.24) is 14.7 Å². The third-order valence-corrected chi connectivity index (χ3v) is 4.78. The minimum Gasteiger partial charge on any atom is -0.366 e. The third kappa shape index (κ3) is 3.38. The average molecular weight is 316 g/mol. The van der Waals surface area contributed by atoms with Crippen LogP contribution in [0.3, 0.4) is 0 Å². The van der Waals surface area contributed by atoms with Crippen molar-refractivity contribution in [3.63, 3.8) is 0 Å². The normalized spacial score (nSPS) is 19.2. The van der Waals surface area contributed by atoms with Gasteiger partial charge in [0, 0.05) is 39.3 Å². The van der Waals surface area contributed by atoms with Crippen LogP contribution in [0.5, 0.6) is 0 Å². The lowest BCUT2D eigenvalue weighted by molar-refractivity contribution is 0.0761. The summed E-state index contributed by atoms with van der Waals surface area (Å²) in [5.74, 6) is -0.595. The highest BCUT2D eigenvalue weighted by Crippen LogP contribution is 2.26. The van der Waals surface area contributed by atoms with E-state index in [0.29, 0.717) is 17.7 Å². The molecule has 0 unspecified atom stereocenters. The van der Waals surface area contributed by atoms with Gasteiger partial charge in [0.2, 0.25) is 5.91 Å². The summed E-state index contributed by atoms with van der Waals surface area (Å²) in [6, 6.07) is 5.33. The molecule has 2 amide bonds. The van der Waals surface area contributed by atoms with Crippen LogP contribution < -0.4 is 5.73 Å². The maximum Gasteiger partial charge on any atom is 0.255 e. The van der Waals surface area contributed by atoms with Crippen molar-refractivity contribution in [3.8, 4) is 0 Å². The molecule has 1 aromatic carbocycles. The predicted octanol–water partition coefficient (Wildman–Crippen LogP) is 0.379. The van der Waals surface area contributed by atoms with E-state index in [0.717, 1.165) is 51.3 Å². The molecule has 0 saturated carbocycles. The molecule has 2 aliphatic rings. The molecule has 2 aliphatic heterocycles. The highest BCUT2D eigenvalue weighted by atomic mass is 16.2. The van der Waals surface area contributed by atoms with Crippen molar-refractivity contribution in [2.45, 2.75) is 13.0 Å². The minimum absolute atomic E-state index is 0.0622. The zero-order valence-corrected chi connectivity index (χ0v) is 13.6. The van der Waals surface area contributed by atoms with Gasteiger partial charge in [0.05, 0.1) is 11.1 Å². The standard InChI is InChI=1S/C17H24N4O2/c1-19-8-10-20(11-9-19)6-3-7-21-12-13-4-2-5-14(16(18)22)15(13)17(21)23/h2,4-5H,3,6-12H2,1H3,(H2,18,22). The van der Waals surface area contributed by atoms with Crippen molar-refractivity contribution < 1.29 is 9.59 Å². The van der Waals surface area contributed by atoms with Gasteiger partial charge >= 0.3 is 0 Å². The number of fused-ring (bicyclic) bond motifs is 1. The Bertz CT molecular complexity index is 609. The summed E-state index contributed by atoms with van der Waals surface area (Å²) in [5.41, 5.74) is 7.13. The first-order valence-corrected chi connectivity index (χ1v) is 8.18. The van der Waals surface area contributed by atoms with Crippen molar-refractivity contribution in [2.75, 3.05) is 46.3 Å². The van der Waals surface area contributed by atoms with E-state index in [9.17, 15) is 9.59 Å². The van der Waals surface area contributed by atoms with Crippen molar-refractivity contribution in [3.05, 3.63) is 34.9 Å². The van der Waals surface area contributed by atoms with E-state index >= 15 is 0 Å². The zero-order chi connectivity index (χ0) is 16.4. The van der Waals surface area contributed by atoms with Crippen molar-refractivity contribution in [2.24, 2.45) is 5.73 Å². The van der Waals surface area contributed by atoms with Crippen LogP contribution >= 0.6 is 0 Å². The number of rotatable bonds is 5. The van der Waals surface area contributed by atoms with E-state index in [1.807, 2.05) is 11.0 Å². The number of nitrogens with zero attached hydrogens (tertiary/aromatic N) is 3. The van der Waals surface area contributed by atoms with Gasteiger partial charge in [-0.3, -0.25) is 9.59 Å². The Balaban J connectivity index is 1.56. The van der Waals surface area contributed by atoms with Crippen LogP contribution in [0.25, 0.3) is 0 Å². The van der Waals surface area contributed by atoms with Crippen LogP contribution in [0.15, 0.2) is 18.2 Å². The second kappa shape index (κ2) is 6.68. The molecule has 6 heteroatoms. The molecule has 2 N–H and O–H groups in total. The fraction of sp³-hybridized carbons (Fsp3) is 0.529. The van der Waals surface area contributed by atoms with E-state index in [1.54, 1.807) is 12.1 Å². The van der Waals surface area contributed by atoms with Gasteiger partial charge in [-0.05, 0) is 31.6 Å². The van der Waals surface area contributed by atoms with Crippen LogP contribution in [0.2, 0.25) is 0 Å². The van der Waals surface area contributed by atoms with E-state index in [1.165, 1.54) is 0 Å². The highest BCUT2D eigenvalue weighted by Gasteiger charge is 2.30. The molecule has 0 radical (unpaired) electrons. The van der Waals surface area contributed by atoms with Gasteiger partial charge in [0.25, 0.3) is 5.91 Å². The number of carbonyl (C=O) groups excluding carboxylic acids is 2. The molecule has 1 saturated heterocycles.